The van der Waals surface area contributed by atoms with E-state index < -0.39 is 11.5 Å². The lowest BCUT2D eigenvalue weighted by molar-refractivity contribution is -0.143. The number of rotatable bonds is 5. The summed E-state index contributed by atoms with van der Waals surface area (Å²) in [6.07, 6.45) is 2.95. The van der Waals surface area contributed by atoms with Gasteiger partial charge in [0.15, 0.2) is 0 Å². The van der Waals surface area contributed by atoms with Gasteiger partial charge in [-0.1, -0.05) is 13.8 Å². The number of piperidine rings is 1. The van der Waals surface area contributed by atoms with Crippen LogP contribution in [0.15, 0.2) is 0 Å². The van der Waals surface area contributed by atoms with Crippen LogP contribution in [0.3, 0.4) is 0 Å². The van der Waals surface area contributed by atoms with Crippen molar-refractivity contribution in [1.29, 1.82) is 0 Å². The van der Waals surface area contributed by atoms with Crippen molar-refractivity contribution >= 4 is 5.97 Å². The van der Waals surface area contributed by atoms with Crippen LogP contribution in [0, 0.1) is 11.8 Å². The molecule has 0 spiro atoms. The summed E-state index contributed by atoms with van der Waals surface area (Å²) < 4.78 is 0. The van der Waals surface area contributed by atoms with Gasteiger partial charge in [0.05, 0.1) is 0 Å². The average Bonchev–Trinajstić information content (AvgIpc) is 2.28. The highest BCUT2D eigenvalue weighted by molar-refractivity contribution is 5.77. The number of hydrogen-bond donors (Lipinski definition) is 2. The fraction of sp³-hybridized carbons (Fsp3) is 0.929. The first-order valence-corrected chi connectivity index (χ1v) is 7.00. The Hall–Kier alpha value is -0.610. The van der Waals surface area contributed by atoms with E-state index in [0.717, 1.165) is 24.9 Å². The molecular weight excluding hydrogens is 228 g/mol. The maximum Gasteiger partial charge on any atom is 0.323 e. The number of carbonyl (C=O) groups is 1. The highest BCUT2D eigenvalue weighted by atomic mass is 16.4. The van der Waals surface area contributed by atoms with Gasteiger partial charge in [0.25, 0.3) is 0 Å². The number of hydrogen-bond acceptors (Lipinski definition) is 3. The maximum absolute atomic E-state index is 11.0. The zero-order valence-corrected chi connectivity index (χ0v) is 12.1. The topological polar surface area (TPSA) is 66.6 Å². The summed E-state index contributed by atoms with van der Waals surface area (Å²) in [5.74, 6) is 0.657. The van der Waals surface area contributed by atoms with Gasteiger partial charge in [-0.15, -0.1) is 0 Å². The van der Waals surface area contributed by atoms with E-state index in [0.29, 0.717) is 6.42 Å². The lowest BCUT2D eigenvalue weighted by Gasteiger charge is -2.39. The first-order valence-electron chi connectivity index (χ1n) is 7.00. The Morgan fingerprint density at radius 2 is 1.89 bits per heavy atom. The van der Waals surface area contributed by atoms with Crippen LogP contribution in [0.5, 0.6) is 0 Å². The molecule has 2 atom stereocenters. The van der Waals surface area contributed by atoms with Crippen molar-refractivity contribution in [2.45, 2.75) is 58.5 Å². The van der Waals surface area contributed by atoms with Crippen molar-refractivity contribution in [2.24, 2.45) is 17.6 Å². The monoisotopic (exact) mass is 256 g/mol. The number of nitrogens with two attached hydrogens (primary N) is 1. The predicted molar refractivity (Wildman–Crippen MR) is 73.4 cm³/mol. The number of carboxylic acids is 1. The zero-order chi connectivity index (χ0) is 13.9. The molecule has 1 heterocycles. The second-order valence-electron chi connectivity index (χ2n) is 6.39. The van der Waals surface area contributed by atoms with Gasteiger partial charge in [-0.25, -0.2) is 0 Å². The Bertz CT molecular complexity index is 282. The van der Waals surface area contributed by atoms with Crippen LogP contribution in [-0.2, 0) is 4.79 Å². The third-order valence-electron chi connectivity index (χ3n) is 4.35. The number of likely N-dealkylation sites (tertiary alicyclic amines) is 1. The highest BCUT2D eigenvalue weighted by Crippen LogP contribution is 2.26. The second kappa shape index (κ2) is 6.02. The van der Waals surface area contributed by atoms with Crippen LogP contribution in [0.1, 0.15) is 47.0 Å². The van der Waals surface area contributed by atoms with Gasteiger partial charge in [0, 0.05) is 6.04 Å². The smallest absolute Gasteiger partial charge is 0.323 e. The number of aliphatic carboxylic acids is 1. The molecule has 0 aromatic rings. The molecule has 18 heavy (non-hydrogen) atoms. The fourth-order valence-corrected chi connectivity index (χ4v) is 2.86. The van der Waals surface area contributed by atoms with E-state index in [2.05, 4.69) is 25.7 Å². The van der Waals surface area contributed by atoms with Crippen LogP contribution >= 0.6 is 0 Å². The summed E-state index contributed by atoms with van der Waals surface area (Å²) in [6.45, 7) is 10.4. The maximum atomic E-state index is 11.0. The predicted octanol–water partition coefficient (Wildman–Crippen LogP) is 1.93. The molecule has 4 nitrogen and oxygen atoms in total. The summed E-state index contributed by atoms with van der Waals surface area (Å²) in [5.41, 5.74) is 4.70. The summed E-state index contributed by atoms with van der Waals surface area (Å²) in [4.78, 5) is 13.4. The standard InChI is InChI=1S/C14H28N2O2/c1-10(2)12-5-7-16(8-6-12)11(3)9-14(4,15)13(17)18/h10-12H,5-9,15H2,1-4H3,(H,17,18). The Balaban J connectivity index is 2.45. The van der Waals surface area contributed by atoms with Gasteiger partial charge in [-0.3, -0.25) is 4.79 Å². The summed E-state index contributed by atoms with van der Waals surface area (Å²) >= 11 is 0. The molecule has 0 aromatic heterocycles. The van der Waals surface area contributed by atoms with Crippen molar-refractivity contribution in [3.05, 3.63) is 0 Å². The molecule has 0 radical (unpaired) electrons. The van der Waals surface area contributed by atoms with Gasteiger partial charge >= 0.3 is 5.97 Å². The first-order chi connectivity index (χ1) is 8.24. The van der Waals surface area contributed by atoms with E-state index in [1.165, 1.54) is 12.8 Å². The van der Waals surface area contributed by atoms with Crippen molar-refractivity contribution in [2.75, 3.05) is 13.1 Å². The molecular formula is C14H28N2O2. The molecule has 106 valence electrons. The molecule has 1 fully saturated rings. The van der Waals surface area contributed by atoms with Crippen LogP contribution in [-0.4, -0.2) is 40.6 Å². The van der Waals surface area contributed by atoms with Crippen LogP contribution in [0.25, 0.3) is 0 Å². The SMILES string of the molecule is CC(C)C1CCN(C(C)CC(C)(N)C(=O)O)CC1. The van der Waals surface area contributed by atoms with E-state index in [4.69, 9.17) is 10.8 Å². The average molecular weight is 256 g/mol. The zero-order valence-electron chi connectivity index (χ0n) is 12.1. The molecule has 1 saturated heterocycles. The molecule has 1 rings (SSSR count). The van der Waals surface area contributed by atoms with Crippen LogP contribution in [0.4, 0.5) is 0 Å². The minimum absolute atomic E-state index is 0.240. The fourth-order valence-electron chi connectivity index (χ4n) is 2.86. The molecule has 0 aliphatic carbocycles. The van der Waals surface area contributed by atoms with Crippen LogP contribution < -0.4 is 5.73 Å². The molecule has 3 N–H and O–H groups in total. The molecule has 4 heteroatoms. The van der Waals surface area contributed by atoms with E-state index in [1.807, 2.05) is 0 Å². The quantitative estimate of drug-likeness (QED) is 0.789. The Morgan fingerprint density at radius 1 is 1.39 bits per heavy atom. The third-order valence-corrected chi connectivity index (χ3v) is 4.35. The van der Waals surface area contributed by atoms with Gasteiger partial charge < -0.3 is 15.7 Å². The molecule has 0 bridgehead atoms. The molecule has 1 aliphatic rings. The van der Waals surface area contributed by atoms with Crippen molar-refractivity contribution in [3.63, 3.8) is 0 Å². The van der Waals surface area contributed by atoms with Gasteiger partial charge in [-0.2, -0.15) is 0 Å². The Labute approximate surface area is 111 Å². The highest BCUT2D eigenvalue weighted by Gasteiger charge is 2.33. The minimum Gasteiger partial charge on any atom is -0.480 e. The summed E-state index contributed by atoms with van der Waals surface area (Å²) in [6, 6.07) is 0.240. The largest absolute Gasteiger partial charge is 0.480 e. The van der Waals surface area contributed by atoms with Crippen molar-refractivity contribution in [3.8, 4) is 0 Å². The van der Waals surface area contributed by atoms with Crippen LogP contribution in [0.2, 0.25) is 0 Å². The van der Waals surface area contributed by atoms with Gasteiger partial charge in [0.1, 0.15) is 5.54 Å². The molecule has 2 unspecified atom stereocenters. The molecule has 1 aliphatic heterocycles. The first kappa shape index (κ1) is 15.4. The van der Waals surface area contributed by atoms with Crippen molar-refractivity contribution < 1.29 is 9.90 Å². The summed E-state index contributed by atoms with van der Waals surface area (Å²) in [5, 5.41) is 9.06. The molecule has 0 saturated carbocycles. The van der Waals surface area contributed by atoms with E-state index >= 15 is 0 Å². The molecule has 0 aromatic carbocycles. The lowest BCUT2D eigenvalue weighted by Crippen LogP contribution is -2.51. The Kier molecular flexibility index (Phi) is 5.17. The van der Waals surface area contributed by atoms with E-state index in [9.17, 15) is 4.79 Å². The number of carboxylic acid groups (broad SMARTS) is 1. The van der Waals surface area contributed by atoms with E-state index in [1.54, 1.807) is 6.92 Å². The minimum atomic E-state index is -1.12. The lowest BCUT2D eigenvalue weighted by atomic mass is 9.85. The van der Waals surface area contributed by atoms with Gasteiger partial charge in [0.2, 0.25) is 0 Å². The van der Waals surface area contributed by atoms with Crippen molar-refractivity contribution in [1.82, 2.24) is 4.90 Å². The Morgan fingerprint density at radius 3 is 2.28 bits per heavy atom. The normalized spacial score (nSPS) is 23.9. The molecule has 0 amide bonds. The van der Waals surface area contributed by atoms with E-state index in [-0.39, 0.29) is 6.04 Å². The third kappa shape index (κ3) is 3.95. The van der Waals surface area contributed by atoms with Gasteiger partial charge in [-0.05, 0) is 58.0 Å². The summed E-state index contributed by atoms with van der Waals surface area (Å²) in [7, 11) is 0. The second-order valence-corrected chi connectivity index (χ2v) is 6.39. The number of nitrogens with zero attached hydrogens (tertiary/aromatic N) is 1.